The maximum absolute atomic E-state index is 10.6. The normalized spacial score (nSPS) is 8.80. The molecule has 0 spiro atoms. The third kappa shape index (κ3) is 1.06. The maximum atomic E-state index is 10.6. The molecule has 1 N–H and O–H groups in total. The number of carbonyl (C=O) groups is 1. The van der Waals surface area contributed by atoms with E-state index in [-0.39, 0.29) is 5.78 Å². The molecule has 0 atom stereocenters. The number of H-pyrrole nitrogens is 1. The van der Waals surface area contributed by atoms with Gasteiger partial charge in [-0.1, -0.05) is 6.57 Å². The average Bonchev–Trinajstić information content (AvgIpc) is 2.34. The Bertz CT molecular complexity index is 293. The molecule has 1 aromatic heterocycles. The highest BCUT2D eigenvalue weighted by Gasteiger charge is 2.02. The van der Waals surface area contributed by atoms with Crippen LogP contribution in [0.3, 0.4) is 0 Å². The van der Waals surface area contributed by atoms with Crippen LogP contribution in [0.25, 0.3) is 4.85 Å². The molecule has 50 valence electrons. The Morgan fingerprint density at radius 1 is 1.70 bits per heavy atom. The van der Waals surface area contributed by atoms with Gasteiger partial charge in [-0.3, -0.25) is 4.79 Å². The Hall–Kier alpha value is -1.56. The van der Waals surface area contributed by atoms with Crippen molar-refractivity contribution in [3.05, 3.63) is 29.2 Å². The van der Waals surface area contributed by atoms with Crippen molar-refractivity contribution in [2.24, 2.45) is 0 Å². The van der Waals surface area contributed by atoms with Crippen LogP contribution < -0.4 is 0 Å². The minimum atomic E-state index is -0.0464. The number of carbonyl (C=O) groups excluding carboxylic acids is 1. The molecule has 10 heavy (non-hydrogen) atoms. The van der Waals surface area contributed by atoms with Gasteiger partial charge in [0.05, 0.1) is 0 Å². The molecular formula is C7H6N2O. The summed E-state index contributed by atoms with van der Waals surface area (Å²) in [5, 5.41) is 0. The molecule has 0 saturated carbocycles. The lowest BCUT2D eigenvalue weighted by atomic mass is 10.3. The van der Waals surface area contributed by atoms with Crippen LogP contribution in [0.1, 0.15) is 17.4 Å². The Kier molecular flexibility index (Phi) is 1.55. The third-order valence-electron chi connectivity index (χ3n) is 1.17. The second-order valence-corrected chi connectivity index (χ2v) is 1.93. The molecule has 0 fully saturated rings. The summed E-state index contributed by atoms with van der Waals surface area (Å²) in [7, 11) is 0. The van der Waals surface area contributed by atoms with Crippen molar-refractivity contribution < 1.29 is 4.79 Å². The molecule has 1 heterocycles. The monoisotopic (exact) mass is 134 g/mol. The molecule has 0 unspecified atom stereocenters. The molecule has 0 amide bonds. The van der Waals surface area contributed by atoms with Crippen LogP contribution in [0.2, 0.25) is 0 Å². The molecule has 0 aliphatic rings. The third-order valence-corrected chi connectivity index (χ3v) is 1.17. The van der Waals surface area contributed by atoms with Crippen molar-refractivity contribution >= 4 is 11.6 Å². The van der Waals surface area contributed by atoms with E-state index in [9.17, 15) is 4.79 Å². The van der Waals surface area contributed by atoms with E-state index in [4.69, 9.17) is 6.57 Å². The fourth-order valence-electron chi connectivity index (χ4n) is 0.654. The number of aromatic nitrogens is 1. The average molecular weight is 134 g/mol. The molecule has 1 rings (SSSR count). The summed E-state index contributed by atoms with van der Waals surface area (Å²) in [6.07, 6.45) is 0. The fourth-order valence-corrected chi connectivity index (χ4v) is 0.654. The molecular weight excluding hydrogens is 128 g/mol. The van der Waals surface area contributed by atoms with Crippen molar-refractivity contribution in [3.8, 4) is 0 Å². The quantitative estimate of drug-likeness (QED) is 0.461. The maximum Gasteiger partial charge on any atom is 0.228 e. The molecule has 1 aromatic rings. The lowest BCUT2D eigenvalue weighted by Gasteiger charge is -1.81. The van der Waals surface area contributed by atoms with Crippen LogP contribution in [0, 0.1) is 6.57 Å². The Morgan fingerprint density at radius 2 is 2.40 bits per heavy atom. The SMILES string of the molecule is [C-]#[N+]c1ccc(C(C)=O)[nH]1. The Labute approximate surface area is 58.5 Å². The number of nitrogens with zero attached hydrogens (tertiary/aromatic N) is 1. The first-order chi connectivity index (χ1) is 4.74. The van der Waals surface area contributed by atoms with E-state index in [1.807, 2.05) is 0 Å². The van der Waals surface area contributed by atoms with Gasteiger partial charge < -0.3 is 9.83 Å². The van der Waals surface area contributed by atoms with Gasteiger partial charge in [-0.25, -0.2) is 0 Å². The van der Waals surface area contributed by atoms with E-state index in [1.54, 1.807) is 12.1 Å². The summed E-state index contributed by atoms with van der Waals surface area (Å²) < 4.78 is 0. The van der Waals surface area contributed by atoms with Gasteiger partial charge in [-0.15, -0.1) is 0 Å². The predicted octanol–water partition coefficient (Wildman–Crippen LogP) is 1.77. The molecule has 3 heteroatoms. The van der Waals surface area contributed by atoms with E-state index in [1.165, 1.54) is 6.92 Å². The summed E-state index contributed by atoms with van der Waals surface area (Å²) in [6.45, 7) is 8.04. The summed E-state index contributed by atoms with van der Waals surface area (Å²) in [5.41, 5.74) is 0.492. The van der Waals surface area contributed by atoms with Crippen molar-refractivity contribution in [3.63, 3.8) is 0 Å². The number of hydrogen-bond donors (Lipinski definition) is 1. The van der Waals surface area contributed by atoms with Crippen LogP contribution >= 0.6 is 0 Å². The van der Waals surface area contributed by atoms with E-state index < -0.39 is 0 Å². The van der Waals surface area contributed by atoms with Crippen molar-refractivity contribution in [2.75, 3.05) is 0 Å². The summed E-state index contributed by atoms with van der Waals surface area (Å²) in [5.74, 6) is 0.361. The first-order valence-electron chi connectivity index (χ1n) is 2.81. The van der Waals surface area contributed by atoms with Gasteiger partial charge in [0.2, 0.25) is 5.82 Å². The molecule has 0 aromatic carbocycles. The van der Waals surface area contributed by atoms with Gasteiger partial charge in [0, 0.05) is 6.92 Å². The van der Waals surface area contributed by atoms with Crippen molar-refractivity contribution in [1.29, 1.82) is 0 Å². The van der Waals surface area contributed by atoms with Gasteiger partial charge in [0.1, 0.15) is 0 Å². The lowest BCUT2D eigenvalue weighted by molar-refractivity contribution is 0.101. The Morgan fingerprint density at radius 3 is 2.70 bits per heavy atom. The minimum Gasteiger partial charge on any atom is -0.364 e. The molecule has 0 saturated heterocycles. The van der Waals surface area contributed by atoms with Crippen molar-refractivity contribution in [1.82, 2.24) is 4.98 Å². The highest BCUT2D eigenvalue weighted by atomic mass is 16.1. The minimum absolute atomic E-state index is 0.0464. The number of ketones is 1. The summed E-state index contributed by atoms with van der Waals surface area (Å²) in [4.78, 5) is 16.4. The first-order valence-corrected chi connectivity index (χ1v) is 2.81. The van der Waals surface area contributed by atoms with Crippen LogP contribution in [-0.2, 0) is 0 Å². The van der Waals surface area contributed by atoms with Crippen LogP contribution in [-0.4, -0.2) is 10.8 Å². The predicted molar refractivity (Wildman–Crippen MR) is 37.1 cm³/mol. The number of hydrogen-bond acceptors (Lipinski definition) is 1. The standard InChI is InChI=1S/C7H6N2O/c1-5(10)6-3-4-7(8-2)9-6/h3-4,9H,1H3. The highest BCUT2D eigenvalue weighted by Crippen LogP contribution is 2.10. The Balaban J connectivity index is 3.02. The van der Waals surface area contributed by atoms with E-state index >= 15 is 0 Å². The van der Waals surface area contributed by atoms with Gasteiger partial charge in [0.15, 0.2) is 11.5 Å². The second kappa shape index (κ2) is 2.36. The van der Waals surface area contributed by atoms with Gasteiger partial charge in [-0.05, 0) is 12.1 Å². The van der Waals surface area contributed by atoms with E-state index in [0.717, 1.165) is 0 Å². The van der Waals surface area contributed by atoms with Gasteiger partial charge in [0.25, 0.3) is 0 Å². The molecule has 0 radical (unpaired) electrons. The summed E-state index contributed by atoms with van der Waals surface area (Å²) >= 11 is 0. The van der Waals surface area contributed by atoms with E-state index in [0.29, 0.717) is 11.5 Å². The highest BCUT2D eigenvalue weighted by molar-refractivity contribution is 5.92. The summed E-state index contributed by atoms with van der Waals surface area (Å²) in [6, 6.07) is 3.19. The largest absolute Gasteiger partial charge is 0.364 e. The van der Waals surface area contributed by atoms with Gasteiger partial charge >= 0.3 is 0 Å². The first kappa shape index (κ1) is 6.56. The number of aromatic amines is 1. The molecule has 0 bridgehead atoms. The van der Waals surface area contributed by atoms with Crippen LogP contribution in [0.4, 0.5) is 5.82 Å². The zero-order valence-corrected chi connectivity index (χ0v) is 5.51. The second-order valence-electron chi connectivity index (χ2n) is 1.93. The fraction of sp³-hybridized carbons (Fsp3) is 0.143. The van der Waals surface area contributed by atoms with E-state index in [2.05, 4.69) is 9.83 Å². The van der Waals surface area contributed by atoms with Crippen molar-refractivity contribution in [2.45, 2.75) is 6.92 Å². The smallest absolute Gasteiger partial charge is 0.228 e. The molecule has 3 nitrogen and oxygen atoms in total. The topological polar surface area (TPSA) is 37.2 Å². The molecule has 0 aliphatic heterocycles. The number of Topliss-reactive ketones (excluding diaryl/α,β-unsaturated/α-hetero) is 1. The lowest BCUT2D eigenvalue weighted by Crippen LogP contribution is -1.89. The van der Waals surface area contributed by atoms with Crippen LogP contribution in [0.15, 0.2) is 12.1 Å². The number of rotatable bonds is 1. The zero-order valence-electron chi connectivity index (χ0n) is 5.51. The molecule has 0 aliphatic carbocycles. The zero-order chi connectivity index (χ0) is 7.56. The van der Waals surface area contributed by atoms with Crippen LogP contribution in [0.5, 0.6) is 0 Å². The van der Waals surface area contributed by atoms with Gasteiger partial charge in [-0.2, -0.15) is 0 Å². The number of nitrogens with one attached hydrogen (secondary N) is 1.